The summed E-state index contributed by atoms with van der Waals surface area (Å²) in [5.41, 5.74) is 4.40. The summed E-state index contributed by atoms with van der Waals surface area (Å²) in [6.45, 7) is 0. The number of benzene rings is 2. The van der Waals surface area contributed by atoms with Gasteiger partial charge >= 0.3 is 5.97 Å². The van der Waals surface area contributed by atoms with E-state index in [-0.39, 0.29) is 0 Å². The average molecular weight is 416 g/mol. The van der Waals surface area contributed by atoms with Gasteiger partial charge < -0.3 is 20.3 Å². The number of carbonyl (C=O) groups excluding carboxylic acids is 1. The molecular weight excluding hydrogens is 394 g/mol. The van der Waals surface area contributed by atoms with Gasteiger partial charge in [-0.2, -0.15) is 0 Å². The van der Waals surface area contributed by atoms with Crippen molar-refractivity contribution in [3.63, 3.8) is 0 Å². The number of ether oxygens (including phenoxy) is 1. The van der Waals surface area contributed by atoms with E-state index in [0.717, 1.165) is 67.2 Å². The topological polar surface area (TPSA) is 95.9 Å². The Morgan fingerprint density at radius 2 is 1.69 bits per heavy atom. The van der Waals surface area contributed by atoms with Crippen molar-refractivity contribution in [3.8, 4) is 17.2 Å². The Kier molecular flexibility index (Phi) is 5.37. The third kappa shape index (κ3) is 3.90. The van der Waals surface area contributed by atoms with Crippen LogP contribution in [0.1, 0.15) is 47.9 Å². The number of fused-ring (bicyclic) bond motifs is 2. The molecular formula is C22H22ClNO5. The van der Waals surface area contributed by atoms with Crippen molar-refractivity contribution in [1.29, 1.82) is 0 Å². The quantitative estimate of drug-likeness (QED) is 0.619. The van der Waals surface area contributed by atoms with Gasteiger partial charge in [0, 0.05) is 22.4 Å². The van der Waals surface area contributed by atoms with Crippen molar-refractivity contribution in [1.82, 2.24) is 0 Å². The highest BCUT2D eigenvalue weighted by molar-refractivity contribution is 6.32. The van der Waals surface area contributed by atoms with Crippen LogP contribution in [0, 0.1) is 0 Å². The van der Waals surface area contributed by atoms with Gasteiger partial charge in [-0.1, -0.05) is 11.6 Å². The molecule has 6 nitrogen and oxygen atoms in total. The van der Waals surface area contributed by atoms with Crippen LogP contribution in [0.15, 0.2) is 18.2 Å². The molecule has 3 N–H and O–H groups in total. The lowest BCUT2D eigenvalue weighted by molar-refractivity contribution is -0.139. The number of halogens is 1. The van der Waals surface area contributed by atoms with Crippen LogP contribution in [0.2, 0.25) is 5.02 Å². The van der Waals surface area contributed by atoms with Crippen molar-refractivity contribution in [2.24, 2.45) is 0 Å². The molecule has 0 aliphatic heterocycles. The van der Waals surface area contributed by atoms with E-state index in [0.29, 0.717) is 28.0 Å². The van der Waals surface area contributed by atoms with E-state index in [1.165, 1.54) is 0 Å². The molecule has 0 saturated carbocycles. The van der Waals surface area contributed by atoms with Crippen LogP contribution in [0.3, 0.4) is 0 Å². The van der Waals surface area contributed by atoms with Crippen LogP contribution in [-0.4, -0.2) is 22.1 Å². The first kappa shape index (κ1) is 19.6. The van der Waals surface area contributed by atoms with Gasteiger partial charge in [-0.05, 0) is 68.7 Å². The molecule has 0 atom stereocenters. The fraction of sp³-hybridized carbons (Fsp3) is 0.364. The first-order valence-corrected chi connectivity index (χ1v) is 10.2. The molecule has 0 radical (unpaired) electrons. The molecule has 2 aromatic rings. The number of rotatable bonds is 5. The highest BCUT2D eigenvalue weighted by Gasteiger charge is 2.26. The Balaban J connectivity index is 1.69. The van der Waals surface area contributed by atoms with Crippen LogP contribution >= 0.6 is 11.6 Å². The van der Waals surface area contributed by atoms with Crippen LogP contribution in [0.5, 0.6) is 17.2 Å². The standard InChI is InChI=1S/C22H22ClNO5/c23-16-10-17(24-20(26)11-21(27)28)12-6-3-7-15(12)22(16)29-19-9-8-18(25)13-4-1-2-5-14(13)19/h8-10,25H,1-7,11H2,(H,24,26)(H,27,28). The van der Waals surface area contributed by atoms with Gasteiger partial charge in [0.25, 0.3) is 0 Å². The summed E-state index contributed by atoms with van der Waals surface area (Å²) in [5, 5.41) is 22.0. The first-order valence-electron chi connectivity index (χ1n) is 9.81. The second-order valence-electron chi connectivity index (χ2n) is 7.51. The van der Waals surface area contributed by atoms with Crippen molar-refractivity contribution in [3.05, 3.63) is 45.5 Å². The fourth-order valence-electron chi connectivity index (χ4n) is 4.29. The molecule has 1 amide bonds. The number of amides is 1. The molecule has 2 aliphatic carbocycles. The normalized spacial score (nSPS) is 14.8. The second kappa shape index (κ2) is 7.95. The molecule has 4 rings (SSSR count). The van der Waals surface area contributed by atoms with Crippen molar-refractivity contribution < 1.29 is 24.5 Å². The molecule has 0 bridgehead atoms. The van der Waals surface area contributed by atoms with E-state index in [4.69, 9.17) is 21.4 Å². The lowest BCUT2D eigenvalue weighted by atomic mass is 9.90. The second-order valence-corrected chi connectivity index (χ2v) is 7.92. The number of hydrogen-bond acceptors (Lipinski definition) is 4. The predicted octanol–water partition coefficient (Wildman–Crippen LogP) is 4.62. The van der Waals surface area contributed by atoms with Gasteiger partial charge in [-0.15, -0.1) is 0 Å². The van der Waals surface area contributed by atoms with Gasteiger partial charge in [0.15, 0.2) is 0 Å². The molecule has 2 aliphatic rings. The van der Waals surface area contributed by atoms with Gasteiger partial charge in [0.2, 0.25) is 5.91 Å². The van der Waals surface area contributed by atoms with Crippen molar-refractivity contribution in [2.45, 2.75) is 51.4 Å². The zero-order valence-corrected chi connectivity index (χ0v) is 16.6. The summed E-state index contributed by atoms with van der Waals surface area (Å²) in [6, 6.07) is 5.07. The zero-order valence-electron chi connectivity index (χ0n) is 15.9. The summed E-state index contributed by atoms with van der Waals surface area (Å²) < 4.78 is 6.28. The number of aromatic hydroxyl groups is 1. The molecule has 0 unspecified atom stereocenters. The van der Waals surface area contributed by atoms with E-state index >= 15 is 0 Å². The largest absolute Gasteiger partial charge is 0.508 e. The zero-order chi connectivity index (χ0) is 20.5. The van der Waals surface area contributed by atoms with E-state index < -0.39 is 18.3 Å². The maximum absolute atomic E-state index is 11.9. The number of carboxylic acid groups (broad SMARTS) is 1. The van der Waals surface area contributed by atoms with E-state index in [9.17, 15) is 14.7 Å². The summed E-state index contributed by atoms with van der Waals surface area (Å²) in [4.78, 5) is 22.7. The smallest absolute Gasteiger partial charge is 0.312 e. The minimum Gasteiger partial charge on any atom is -0.508 e. The minimum absolute atomic E-state index is 0.305. The first-order chi connectivity index (χ1) is 13.9. The number of phenolic OH excluding ortho intramolecular Hbond substituents is 1. The van der Waals surface area contributed by atoms with Crippen molar-refractivity contribution >= 4 is 29.2 Å². The van der Waals surface area contributed by atoms with E-state index in [1.54, 1.807) is 18.2 Å². The number of anilines is 1. The molecule has 0 spiro atoms. The Labute approximate surface area is 173 Å². The summed E-state index contributed by atoms with van der Waals surface area (Å²) in [7, 11) is 0. The molecule has 152 valence electrons. The van der Waals surface area contributed by atoms with Crippen LogP contribution in [0.4, 0.5) is 5.69 Å². The SMILES string of the molecule is O=C(O)CC(=O)Nc1cc(Cl)c(Oc2ccc(O)c3c2CCCC3)c2c1CCC2. The number of hydrogen-bond donors (Lipinski definition) is 3. The number of aliphatic carboxylic acids is 1. The number of carboxylic acids is 1. The Morgan fingerprint density at radius 3 is 2.45 bits per heavy atom. The summed E-state index contributed by atoms with van der Waals surface area (Å²) in [5.74, 6) is -0.170. The van der Waals surface area contributed by atoms with Crippen LogP contribution in [-0.2, 0) is 35.3 Å². The fourth-order valence-corrected chi connectivity index (χ4v) is 4.55. The van der Waals surface area contributed by atoms with Gasteiger partial charge in [-0.25, -0.2) is 0 Å². The molecule has 0 fully saturated rings. The minimum atomic E-state index is -1.18. The van der Waals surface area contributed by atoms with E-state index in [1.807, 2.05) is 0 Å². The van der Waals surface area contributed by atoms with Crippen LogP contribution in [0.25, 0.3) is 0 Å². The maximum atomic E-state index is 11.9. The maximum Gasteiger partial charge on any atom is 0.312 e. The molecule has 0 heterocycles. The average Bonchev–Trinajstić information content (AvgIpc) is 3.16. The number of nitrogens with one attached hydrogen (secondary N) is 1. The molecule has 0 saturated heterocycles. The van der Waals surface area contributed by atoms with Gasteiger partial charge in [0.1, 0.15) is 23.7 Å². The summed E-state index contributed by atoms with van der Waals surface area (Å²) in [6.07, 6.45) is 5.62. The van der Waals surface area contributed by atoms with E-state index in [2.05, 4.69) is 5.32 Å². The number of carbonyl (C=O) groups is 2. The highest BCUT2D eigenvalue weighted by atomic mass is 35.5. The Hall–Kier alpha value is -2.73. The molecule has 7 heteroatoms. The summed E-state index contributed by atoms with van der Waals surface area (Å²) >= 11 is 6.52. The highest BCUT2D eigenvalue weighted by Crippen LogP contribution is 2.45. The van der Waals surface area contributed by atoms with Gasteiger partial charge in [0.05, 0.1) is 5.02 Å². The lowest BCUT2D eigenvalue weighted by Crippen LogP contribution is -2.17. The lowest BCUT2D eigenvalue weighted by Gasteiger charge is -2.22. The van der Waals surface area contributed by atoms with Gasteiger partial charge in [-0.3, -0.25) is 9.59 Å². The third-order valence-corrected chi connectivity index (χ3v) is 5.85. The monoisotopic (exact) mass is 415 g/mol. The predicted molar refractivity (Wildman–Crippen MR) is 109 cm³/mol. The number of phenols is 1. The molecule has 2 aromatic carbocycles. The molecule has 0 aromatic heterocycles. The molecule has 29 heavy (non-hydrogen) atoms. The third-order valence-electron chi connectivity index (χ3n) is 5.57. The Morgan fingerprint density at radius 1 is 1.00 bits per heavy atom. The van der Waals surface area contributed by atoms with Crippen LogP contribution < -0.4 is 10.1 Å². The van der Waals surface area contributed by atoms with Crippen molar-refractivity contribution in [2.75, 3.05) is 5.32 Å². The Bertz CT molecular complexity index is 1000.